The summed E-state index contributed by atoms with van der Waals surface area (Å²) in [7, 11) is 2.07. The number of hydrogen-bond donors (Lipinski definition) is 0. The number of nitrogens with zero attached hydrogens (tertiary/aromatic N) is 1. The highest BCUT2D eigenvalue weighted by atomic mass is 16.5. The molecule has 1 radical (unpaired) electrons. The summed E-state index contributed by atoms with van der Waals surface area (Å²) in [6.07, 6.45) is 2.07. The van der Waals surface area contributed by atoms with Gasteiger partial charge in [0.25, 0.3) is 0 Å². The second kappa shape index (κ2) is 6.59. The first kappa shape index (κ1) is 13.2. The largest absolute Gasteiger partial charge is 0.492 e. The van der Waals surface area contributed by atoms with E-state index in [1.54, 1.807) is 0 Å². The SMILES string of the molecule is C[B]N1CCCC(=O)Cc2ccccc2OCC1. The van der Waals surface area contributed by atoms with Gasteiger partial charge in [0.1, 0.15) is 11.5 Å². The van der Waals surface area contributed by atoms with Crippen molar-refractivity contribution in [1.82, 2.24) is 4.81 Å². The molecule has 0 amide bonds. The summed E-state index contributed by atoms with van der Waals surface area (Å²) in [5.41, 5.74) is 1.01. The van der Waals surface area contributed by atoms with Gasteiger partial charge >= 0.3 is 0 Å². The van der Waals surface area contributed by atoms with Crippen LogP contribution in [0.25, 0.3) is 0 Å². The summed E-state index contributed by atoms with van der Waals surface area (Å²) in [4.78, 5) is 14.1. The van der Waals surface area contributed by atoms with Crippen molar-refractivity contribution >= 4 is 13.2 Å². The molecule has 0 atom stereocenters. The summed E-state index contributed by atoms with van der Waals surface area (Å²) in [5.74, 6) is 1.15. The minimum atomic E-state index is 0.295. The number of carbonyl (C=O) groups excluding carboxylic acids is 1. The third-order valence-corrected chi connectivity index (χ3v) is 3.26. The Kier molecular flexibility index (Phi) is 4.82. The topological polar surface area (TPSA) is 29.5 Å². The Hall–Kier alpha value is -1.29. The molecule has 18 heavy (non-hydrogen) atoms. The second-order valence-electron chi connectivity index (χ2n) is 4.57. The number of ketones is 1. The van der Waals surface area contributed by atoms with Crippen molar-refractivity contribution in [3.8, 4) is 5.75 Å². The summed E-state index contributed by atoms with van der Waals surface area (Å²) >= 11 is 0. The summed E-state index contributed by atoms with van der Waals surface area (Å²) in [6, 6.07) is 7.84. The minimum absolute atomic E-state index is 0.295. The third kappa shape index (κ3) is 3.60. The zero-order valence-corrected chi connectivity index (χ0v) is 10.9. The molecule has 0 aliphatic carbocycles. The zero-order valence-electron chi connectivity index (χ0n) is 10.9. The molecule has 3 nitrogen and oxygen atoms in total. The zero-order chi connectivity index (χ0) is 12.8. The van der Waals surface area contributed by atoms with Gasteiger partial charge in [-0.1, -0.05) is 25.0 Å². The van der Waals surface area contributed by atoms with Gasteiger partial charge in [-0.2, -0.15) is 0 Å². The highest BCUT2D eigenvalue weighted by Gasteiger charge is 2.12. The van der Waals surface area contributed by atoms with Crippen molar-refractivity contribution < 1.29 is 9.53 Å². The van der Waals surface area contributed by atoms with E-state index >= 15 is 0 Å². The Labute approximate surface area is 109 Å². The third-order valence-electron chi connectivity index (χ3n) is 3.26. The van der Waals surface area contributed by atoms with E-state index in [4.69, 9.17) is 4.74 Å². The Morgan fingerprint density at radius 3 is 2.94 bits per heavy atom. The second-order valence-corrected chi connectivity index (χ2v) is 4.57. The normalized spacial score (nSPS) is 18.4. The smallest absolute Gasteiger partial charge is 0.205 e. The van der Waals surface area contributed by atoms with Crippen molar-refractivity contribution in [2.24, 2.45) is 0 Å². The molecule has 0 saturated carbocycles. The number of benzene rings is 1. The van der Waals surface area contributed by atoms with Crippen LogP contribution in [0.3, 0.4) is 0 Å². The Bertz CT molecular complexity index is 409. The quantitative estimate of drug-likeness (QED) is 0.707. The molecule has 95 valence electrons. The van der Waals surface area contributed by atoms with Crippen LogP contribution in [0.15, 0.2) is 24.3 Å². The summed E-state index contributed by atoms with van der Waals surface area (Å²) in [6.45, 7) is 4.49. The molecule has 1 aliphatic rings. The van der Waals surface area contributed by atoms with E-state index < -0.39 is 0 Å². The fourth-order valence-corrected chi connectivity index (χ4v) is 2.21. The molecular weight excluding hydrogens is 225 g/mol. The first-order valence-electron chi connectivity index (χ1n) is 6.55. The predicted molar refractivity (Wildman–Crippen MR) is 73.1 cm³/mol. The standard InChI is InChI=1S/C14H19BNO2/c1-15-16-8-4-6-13(17)11-12-5-2-3-7-14(12)18-10-9-16/h2-3,5,7H,4,6,8-11H2,1H3. The van der Waals surface area contributed by atoms with Crippen molar-refractivity contribution in [3.63, 3.8) is 0 Å². The number of fused-ring (bicyclic) bond motifs is 1. The first-order chi connectivity index (χ1) is 8.79. The van der Waals surface area contributed by atoms with Crippen molar-refractivity contribution in [1.29, 1.82) is 0 Å². The number of para-hydroxylation sites is 1. The molecule has 0 saturated heterocycles. The van der Waals surface area contributed by atoms with Crippen LogP contribution in [0.1, 0.15) is 18.4 Å². The molecule has 0 spiro atoms. The van der Waals surface area contributed by atoms with Gasteiger partial charge in [-0.05, 0) is 19.0 Å². The molecule has 0 unspecified atom stereocenters. The molecule has 0 N–H and O–H groups in total. The van der Waals surface area contributed by atoms with Crippen LogP contribution >= 0.6 is 0 Å². The maximum absolute atomic E-state index is 11.9. The van der Waals surface area contributed by atoms with Crippen molar-refractivity contribution in [2.75, 3.05) is 19.7 Å². The number of carbonyl (C=O) groups is 1. The lowest BCUT2D eigenvalue weighted by atomic mass is 9.95. The van der Waals surface area contributed by atoms with Crippen LogP contribution in [-0.4, -0.2) is 37.7 Å². The maximum Gasteiger partial charge on any atom is 0.205 e. The lowest BCUT2D eigenvalue weighted by Crippen LogP contribution is -2.31. The van der Waals surface area contributed by atoms with Gasteiger partial charge in [0.2, 0.25) is 7.41 Å². The van der Waals surface area contributed by atoms with Gasteiger partial charge in [-0.25, -0.2) is 0 Å². The Morgan fingerprint density at radius 1 is 1.28 bits per heavy atom. The van der Waals surface area contributed by atoms with Crippen LogP contribution in [0.4, 0.5) is 0 Å². The van der Waals surface area contributed by atoms with Gasteiger partial charge in [0, 0.05) is 24.9 Å². The molecule has 1 aliphatic heterocycles. The summed E-state index contributed by atoms with van der Waals surface area (Å²) < 4.78 is 5.79. The Morgan fingerprint density at radius 2 is 2.11 bits per heavy atom. The van der Waals surface area contributed by atoms with E-state index in [9.17, 15) is 4.79 Å². The van der Waals surface area contributed by atoms with Crippen LogP contribution in [-0.2, 0) is 11.2 Å². The van der Waals surface area contributed by atoms with E-state index in [1.165, 1.54) is 0 Å². The lowest BCUT2D eigenvalue weighted by molar-refractivity contribution is -0.118. The molecule has 1 aromatic rings. The van der Waals surface area contributed by atoms with Gasteiger partial charge in [0.15, 0.2) is 0 Å². The molecule has 0 aromatic heterocycles. The lowest BCUT2D eigenvalue weighted by Gasteiger charge is -2.19. The van der Waals surface area contributed by atoms with E-state index in [-0.39, 0.29) is 0 Å². The van der Waals surface area contributed by atoms with Crippen LogP contribution < -0.4 is 4.74 Å². The maximum atomic E-state index is 11.9. The fourth-order valence-electron chi connectivity index (χ4n) is 2.21. The van der Waals surface area contributed by atoms with Gasteiger partial charge in [-0.15, -0.1) is 0 Å². The van der Waals surface area contributed by atoms with Crippen molar-refractivity contribution in [2.45, 2.75) is 26.1 Å². The van der Waals surface area contributed by atoms with Crippen LogP contribution in [0.2, 0.25) is 6.82 Å². The molecule has 2 rings (SSSR count). The average molecular weight is 244 g/mol. The number of Topliss-reactive ketones (excluding diaryl/α,β-unsaturated/α-hetero) is 1. The first-order valence-corrected chi connectivity index (χ1v) is 6.55. The van der Waals surface area contributed by atoms with Gasteiger partial charge in [0.05, 0.1) is 6.61 Å². The molecule has 0 bridgehead atoms. The monoisotopic (exact) mass is 244 g/mol. The number of ether oxygens (including phenoxy) is 1. The van der Waals surface area contributed by atoms with E-state index in [0.717, 1.165) is 30.8 Å². The molecule has 4 heteroatoms. The van der Waals surface area contributed by atoms with Crippen LogP contribution in [0.5, 0.6) is 5.75 Å². The average Bonchev–Trinajstić information content (AvgIpc) is 2.41. The number of hydrogen-bond acceptors (Lipinski definition) is 3. The molecule has 0 fully saturated rings. The highest BCUT2D eigenvalue weighted by Crippen LogP contribution is 2.20. The highest BCUT2D eigenvalue weighted by molar-refractivity contribution is 6.29. The van der Waals surface area contributed by atoms with E-state index in [2.05, 4.69) is 12.2 Å². The Balaban J connectivity index is 2.12. The molecule has 1 heterocycles. The predicted octanol–water partition coefficient (Wildman–Crippen LogP) is 1.94. The summed E-state index contributed by atoms with van der Waals surface area (Å²) in [5, 5.41) is 0. The van der Waals surface area contributed by atoms with Crippen molar-refractivity contribution in [3.05, 3.63) is 29.8 Å². The van der Waals surface area contributed by atoms with E-state index in [0.29, 0.717) is 25.2 Å². The fraction of sp³-hybridized carbons (Fsp3) is 0.500. The number of rotatable bonds is 1. The van der Waals surface area contributed by atoms with Gasteiger partial charge < -0.3 is 9.55 Å². The van der Waals surface area contributed by atoms with E-state index in [1.807, 2.05) is 31.1 Å². The minimum Gasteiger partial charge on any atom is -0.492 e. The van der Waals surface area contributed by atoms with Gasteiger partial charge in [-0.3, -0.25) is 4.79 Å². The molecular formula is C14H19BNO2. The van der Waals surface area contributed by atoms with Crippen LogP contribution in [0, 0.1) is 0 Å². The molecule has 1 aromatic carbocycles.